The van der Waals surface area contributed by atoms with Crippen molar-refractivity contribution in [1.29, 1.82) is 0 Å². The Balaban J connectivity index is 1.81. The highest BCUT2D eigenvalue weighted by molar-refractivity contribution is 5.88. The third-order valence-electron chi connectivity index (χ3n) is 4.60. The second kappa shape index (κ2) is 5.07. The molecule has 2 aliphatic rings. The van der Waals surface area contributed by atoms with E-state index in [1.54, 1.807) is 0 Å². The fraction of sp³-hybridized carbons (Fsp3) is 0.929. The molecule has 1 aliphatic carbocycles. The maximum absolute atomic E-state index is 12.2. The third-order valence-corrected chi connectivity index (χ3v) is 4.60. The van der Waals surface area contributed by atoms with E-state index in [-0.39, 0.29) is 11.3 Å². The topological polar surface area (TPSA) is 40.5 Å². The van der Waals surface area contributed by atoms with Crippen LogP contribution in [0, 0.1) is 17.3 Å². The summed E-state index contributed by atoms with van der Waals surface area (Å²) in [6.07, 6.45) is 4.27. The van der Waals surface area contributed by atoms with Gasteiger partial charge in [0.25, 0.3) is 0 Å². The van der Waals surface area contributed by atoms with Crippen molar-refractivity contribution >= 4 is 5.78 Å². The summed E-state index contributed by atoms with van der Waals surface area (Å²) in [7, 11) is 0. The van der Waals surface area contributed by atoms with E-state index in [2.05, 4.69) is 18.7 Å². The Morgan fingerprint density at radius 2 is 1.94 bits per heavy atom. The molecule has 0 aromatic rings. The molecule has 1 N–H and O–H groups in total. The van der Waals surface area contributed by atoms with E-state index in [9.17, 15) is 4.79 Å². The number of rotatable bonds is 3. The van der Waals surface area contributed by atoms with E-state index < -0.39 is 0 Å². The molecule has 0 aromatic heterocycles. The predicted molar refractivity (Wildman–Crippen MR) is 67.8 cm³/mol. The smallest absolute Gasteiger partial charge is 0.142 e. The first-order valence-corrected chi connectivity index (χ1v) is 6.90. The minimum atomic E-state index is -0.0892. The van der Waals surface area contributed by atoms with Crippen molar-refractivity contribution in [2.45, 2.75) is 39.5 Å². The largest absolute Gasteiger partial charge is 0.396 e. The number of hydrogen-bond acceptors (Lipinski definition) is 3. The first kappa shape index (κ1) is 13.0. The molecule has 0 bridgehead atoms. The number of ketones is 1. The number of aliphatic hydroxyl groups is 1. The molecule has 0 radical (unpaired) electrons. The Morgan fingerprint density at radius 3 is 2.41 bits per heavy atom. The van der Waals surface area contributed by atoms with Crippen molar-refractivity contribution < 1.29 is 9.90 Å². The number of likely N-dealkylation sites (tertiary alicyclic amines) is 1. The van der Waals surface area contributed by atoms with Gasteiger partial charge in [-0.25, -0.2) is 0 Å². The van der Waals surface area contributed by atoms with Gasteiger partial charge in [-0.05, 0) is 44.7 Å². The van der Waals surface area contributed by atoms with Gasteiger partial charge in [-0.3, -0.25) is 4.79 Å². The summed E-state index contributed by atoms with van der Waals surface area (Å²) in [5, 5.41) is 9.10. The number of carbonyl (C=O) groups excluding carboxylic acids is 1. The van der Waals surface area contributed by atoms with Crippen LogP contribution >= 0.6 is 0 Å². The molecule has 1 unspecified atom stereocenters. The Bertz CT molecular complexity index is 280. The fourth-order valence-corrected chi connectivity index (χ4v) is 3.18. The fourth-order valence-electron chi connectivity index (χ4n) is 3.18. The van der Waals surface area contributed by atoms with Crippen LogP contribution in [0.2, 0.25) is 0 Å². The van der Waals surface area contributed by atoms with Crippen LogP contribution in [0.15, 0.2) is 0 Å². The van der Waals surface area contributed by atoms with E-state index in [0.717, 1.165) is 45.3 Å². The monoisotopic (exact) mass is 239 g/mol. The normalized spacial score (nSPS) is 31.0. The van der Waals surface area contributed by atoms with Crippen LogP contribution in [0.4, 0.5) is 0 Å². The highest BCUT2D eigenvalue weighted by atomic mass is 16.3. The van der Waals surface area contributed by atoms with Crippen LogP contribution in [0.1, 0.15) is 39.5 Å². The molecule has 0 amide bonds. The minimum Gasteiger partial charge on any atom is -0.396 e. The molecule has 2 fully saturated rings. The molecule has 1 saturated carbocycles. The Hall–Kier alpha value is -0.410. The molecule has 3 heteroatoms. The van der Waals surface area contributed by atoms with E-state index in [0.29, 0.717) is 18.3 Å². The van der Waals surface area contributed by atoms with Gasteiger partial charge in [0, 0.05) is 24.5 Å². The molecule has 98 valence electrons. The number of hydrogen-bond donors (Lipinski definition) is 1. The van der Waals surface area contributed by atoms with Crippen molar-refractivity contribution in [3.8, 4) is 0 Å². The average Bonchev–Trinajstić information content (AvgIpc) is 2.57. The van der Waals surface area contributed by atoms with Crippen molar-refractivity contribution in [3.05, 3.63) is 0 Å². The van der Waals surface area contributed by atoms with Gasteiger partial charge in [0.2, 0.25) is 0 Å². The molecule has 3 nitrogen and oxygen atoms in total. The van der Waals surface area contributed by atoms with Crippen LogP contribution in [-0.2, 0) is 4.79 Å². The van der Waals surface area contributed by atoms with Crippen molar-refractivity contribution in [2.24, 2.45) is 17.3 Å². The van der Waals surface area contributed by atoms with E-state index >= 15 is 0 Å². The van der Waals surface area contributed by atoms with Gasteiger partial charge in [-0.15, -0.1) is 0 Å². The highest BCUT2D eigenvalue weighted by Crippen LogP contribution is 2.38. The molecular formula is C14H25NO2. The first-order valence-electron chi connectivity index (χ1n) is 6.90. The summed E-state index contributed by atoms with van der Waals surface area (Å²) in [6, 6.07) is 0. The molecule has 1 aliphatic heterocycles. The van der Waals surface area contributed by atoms with Crippen molar-refractivity contribution in [1.82, 2.24) is 4.90 Å². The molecule has 17 heavy (non-hydrogen) atoms. The summed E-state index contributed by atoms with van der Waals surface area (Å²) < 4.78 is 0. The lowest BCUT2D eigenvalue weighted by atomic mass is 9.88. The summed E-state index contributed by atoms with van der Waals surface area (Å²) >= 11 is 0. The van der Waals surface area contributed by atoms with Gasteiger partial charge in [-0.1, -0.05) is 13.8 Å². The molecule has 0 spiro atoms. The quantitative estimate of drug-likeness (QED) is 0.815. The van der Waals surface area contributed by atoms with Crippen molar-refractivity contribution in [3.63, 3.8) is 0 Å². The molecule has 1 atom stereocenters. The number of carbonyl (C=O) groups is 1. The number of Topliss-reactive ketones (excluding diaryl/α,β-unsaturated/α-hetero) is 1. The number of aliphatic hydroxyl groups excluding tert-OH is 1. The molecule has 1 saturated heterocycles. The van der Waals surface area contributed by atoms with E-state index in [1.807, 2.05) is 0 Å². The van der Waals surface area contributed by atoms with Crippen LogP contribution in [0.3, 0.4) is 0 Å². The van der Waals surface area contributed by atoms with Crippen molar-refractivity contribution in [2.75, 3.05) is 26.2 Å². The number of nitrogens with zero attached hydrogens (tertiary/aromatic N) is 1. The number of piperidine rings is 1. The highest BCUT2D eigenvalue weighted by Gasteiger charge is 2.40. The van der Waals surface area contributed by atoms with Crippen LogP contribution in [0.5, 0.6) is 0 Å². The summed E-state index contributed by atoms with van der Waals surface area (Å²) in [6.45, 7) is 7.52. The van der Waals surface area contributed by atoms with Gasteiger partial charge in [0.05, 0.1) is 0 Å². The van der Waals surface area contributed by atoms with Gasteiger partial charge in [0.1, 0.15) is 5.78 Å². The SMILES string of the molecule is CC1(C)CCC(CN2CCC(CO)CC2)C1=O. The van der Waals surface area contributed by atoms with Gasteiger partial charge < -0.3 is 10.0 Å². The summed E-state index contributed by atoms with van der Waals surface area (Å²) in [4.78, 5) is 14.6. The standard InChI is InChI=1S/C14H25NO2/c1-14(2)6-3-12(13(14)17)9-15-7-4-11(10-16)5-8-15/h11-12,16H,3-10H2,1-2H3. The zero-order chi connectivity index (χ0) is 12.5. The van der Waals surface area contributed by atoms with Crippen LogP contribution < -0.4 is 0 Å². The van der Waals surface area contributed by atoms with Gasteiger partial charge in [-0.2, -0.15) is 0 Å². The predicted octanol–water partition coefficient (Wildman–Crippen LogP) is 1.70. The van der Waals surface area contributed by atoms with Crippen LogP contribution in [-0.4, -0.2) is 42.0 Å². The second-order valence-corrected chi connectivity index (χ2v) is 6.41. The third kappa shape index (κ3) is 2.89. The van der Waals surface area contributed by atoms with E-state index in [1.165, 1.54) is 0 Å². The van der Waals surface area contributed by atoms with Crippen LogP contribution in [0.25, 0.3) is 0 Å². The zero-order valence-corrected chi connectivity index (χ0v) is 11.1. The molecule has 0 aromatic carbocycles. The maximum Gasteiger partial charge on any atom is 0.142 e. The lowest BCUT2D eigenvalue weighted by Gasteiger charge is -2.32. The van der Waals surface area contributed by atoms with Gasteiger partial charge in [0.15, 0.2) is 0 Å². The Morgan fingerprint density at radius 1 is 1.29 bits per heavy atom. The average molecular weight is 239 g/mol. The second-order valence-electron chi connectivity index (χ2n) is 6.41. The Labute approximate surface area is 104 Å². The zero-order valence-electron chi connectivity index (χ0n) is 11.1. The summed E-state index contributed by atoms with van der Waals surface area (Å²) in [5.74, 6) is 1.21. The minimum absolute atomic E-state index is 0.0892. The Kier molecular flexibility index (Phi) is 3.88. The lowest BCUT2D eigenvalue weighted by molar-refractivity contribution is -0.128. The summed E-state index contributed by atoms with van der Waals surface area (Å²) in [5.41, 5.74) is -0.0892. The molecule has 2 rings (SSSR count). The lowest BCUT2D eigenvalue weighted by Crippen LogP contribution is -2.39. The van der Waals surface area contributed by atoms with Gasteiger partial charge >= 0.3 is 0 Å². The molecule has 1 heterocycles. The molecular weight excluding hydrogens is 214 g/mol. The van der Waals surface area contributed by atoms with E-state index in [4.69, 9.17) is 5.11 Å². The maximum atomic E-state index is 12.2. The first-order chi connectivity index (χ1) is 8.03.